The number of piperidine rings is 1. The summed E-state index contributed by atoms with van der Waals surface area (Å²) in [5.74, 6) is 0.938. The lowest BCUT2D eigenvalue weighted by molar-refractivity contribution is 0.210. The molecule has 4 rings (SSSR count). The van der Waals surface area contributed by atoms with Crippen molar-refractivity contribution < 1.29 is 4.74 Å². The number of thiocarbonyl (C=S) groups is 1. The van der Waals surface area contributed by atoms with E-state index in [1.807, 2.05) is 24.3 Å². The Morgan fingerprint density at radius 3 is 2.27 bits per heavy atom. The molecule has 0 unspecified atom stereocenters. The number of ether oxygens (including phenoxy) is 1. The maximum Gasteiger partial charge on any atom is 0.171 e. The number of rotatable bonds is 6. The third kappa shape index (κ3) is 5.66. The van der Waals surface area contributed by atoms with Gasteiger partial charge in [0.25, 0.3) is 0 Å². The van der Waals surface area contributed by atoms with E-state index in [2.05, 4.69) is 46.7 Å². The lowest BCUT2D eigenvalue weighted by atomic mass is 10.1. The summed E-state index contributed by atoms with van der Waals surface area (Å²) in [5, 5.41) is 7.31. The van der Waals surface area contributed by atoms with Crippen LogP contribution >= 0.6 is 12.2 Å². The van der Waals surface area contributed by atoms with E-state index in [0.717, 1.165) is 11.4 Å². The van der Waals surface area contributed by atoms with Crippen molar-refractivity contribution in [2.75, 3.05) is 23.3 Å². The van der Waals surface area contributed by atoms with Crippen LogP contribution in [0.3, 0.4) is 0 Å². The quantitative estimate of drug-likeness (QED) is 0.554. The zero-order chi connectivity index (χ0) is 20.8. The van der Waals surface area contributed by atoms with E-state index in [-0.39, 0.29) is 6.04 Å². The first-order valence-corrected chi connectivity index (χ1v) is 11.8. The second kappa shape index (κ2) is 10.2. The second-order valence-corrected chi connectivity index (χ2v) is 8.92. The number of nitrogens with zero attached hydrogens (tertiary/aromatic N) is 1. The molecule has 2 aromatic carbocycles. The van der Waals surface area contributed by atoms with Gasteiger partial charge in [-0.05, 0) is 106 Å². The summed E-state index contributed by atoms with van der Waals surface area (Å²) in [7, 11) is 0. The van der Waals surface area contributed by atoms with E-state index in [1.165, 1.54) is 69.3 Å². The minimum Gasteiger partial charge on any atom is -0.490 e. The van der Waals surface area contributed by atoms with Crippen molar-refractivity contribution in [2.24, 2.45) is 0 Å². The van der Waals surface area contributed by atoms with Gasteiger partial charge in [0.1, 0.15) is 5.75 Å². The van der Waals surface area contributed by atoms with Gasteiger partial charge >= 0.3 is 0 Å². The van der Waals surface area contributed by atoms with Crippen LogP contribution in [0.15, 0.2) is 48.5 Å². The molecular weight excluding hydrogens is 390 g/mol. The zero-order valence-electron chi connectivity index (χ0n) is 17.9. The van der Waals surface area contributed by atoms with Crippen LogP contribution in [0.2, 0.25) is 0 Å². The monoisotopic (exact) mass is 423 g/mol. The van der Waals surface area contributed by atoms with Gasteiger partial charge in [0.05, 0.1) is 12.1 Å². The lowest BCUT2D eigenvalue weighted by Crippen LogP contribution is -2.31. The number of hydrogen-bond donors (Lipinski definition) is 2. The first-order chi connectivity index (χ1) is 14.7. The first-order valence-electron chi connectivity index (χ1n) is 11.4. The van der Waals surface area contributed by atoms with E-state index in [4.69, 9.17) is 17.0 Å². The van der Waals surface area contributed by atoms with Crippen LogP contribution in [0.25, 0.3) is 0 Å². The molecule has 0 radical (unpaired) electrons. The Kier molecular flexibility index (Phi) is 7.11. The molecule has 1 atom stereocenters. The van der Waals surface area contributed by atoms with Crippen LogP contribution in [0, 0.1) is 0 Å². The third-order valence-corrected chi connectivity index (χ3v) is 6.40. The number of hydrogen-bond acceptors (Lipinski definition) is 3. The van der Waals surface area contributed by atoms with E-state index in [9.17, 15) is 0 Å². The highest BCUT2D eigenvalue weighted by molar-refractivity contribution is 7.80. The fraction of sp³-hybridized carbons (Fsp3) is 0.480. The van der Waals surface area contributed by atoms with Crippen molar-refractivity contribution in [1.82, 2.24) is 5.32 Å². The lowest BCUT2D eigenvalue weighted by Gasteiger charge is -2.29. The Labute approximate surface area is 186 Å². The number of anilines is 2. The van der Waals surface area contributed by atoms with E-state index in [0.29, 0.717) is 11.2 Å². The van der Waals surface area contributed by atoms with Crippen LogP contribution in [0.1, 0.15) is 63.5 Å². The molecule has 0 bridgehead atoms. The number of benzene rings is 2. The molecule has 0 aromatic heterocycles. The maximum atomic E-state index is 6.03. The van der Waals surface area contributed by atoms with Crippen LogP contribution in [0.5, 0.6) is 5.75 Å². The van der Waals surface area contributed by atoms with Gasteiger partial charge in [0.15, 0.2) is 5.11 Å². The second-order valence-electron chi connectivity index (χ2n) is 8.51. The van der Waals surface area contributed by atoms with Crippen molar-refractivity contribution in [1.29, 1.82) is 0 Å². The average Bonchev–Trinajstić information content (AvgIpc) is 3.29. The van der Waals surface area contributed by atoms with Gasteiger partial charge in [-0.3, -0.25) is 0 Å². The van der Waals surface area contributed by atoms with Crippen LogP contribution in [-0.2, 0) is 0 Å². The molecule has 1 aliphatic heterocycles. The topological polar surface area (TPSA) is 36.5 Å². The molecule has 2 aromatic rings. The fourth-order valence-corrected chi connectivity index (χ4v) is 4.68. The Hall–Kier alpha value is -2.27. The predicted molar refractivity (Wildman–Crippen MR) is 130 cm³/mol. The SMILES string of the molecule is C[C@H](NC(=S)Nc1ccc(OC2CCCC2)cc1)c1ccc(N2CCCCC2)cc1. The van der Waals surface area contributed by atoms with Crippen molar-refractivity contribution in [3.63, 3.8) is 0 Å². The van der Waals surface area contributed by atoms with Gasteiger partial charge in [-0.1, -0.05) is 12.1 Å². The van der Waals surface area contributed by atoms with Crippen molar-refractivity contribution >= 4 is 28.7 Å². The summed E-state index contributed by atoms with van der Waals surface area (Å²) in [6.45, 7) is 4.49. The predicted octanol–water partition coefficient (Wildman–Crippen LogP) is 6.05. The molecule has 30 heavy (non-hydrogen) atoms. The Morgan fingerprint density at radius 2 is 1.60 bits per heavy atom. The molecular formula is C25H33N3OS. The highest BCUT2D eigenvalue weighted by Gasteiger charge is 2.16. The summed E-state index contributed by atoms with van der Waals surface area (Å²) in [4.78, 5) is 2.48. The molecule has 160 valence electrons. The first kappa shape index (κ1) is 21.0. The summed E-state index contributed by atoms with van der Waals surface area (Å²) in [5.41, 5.74) is 3.53. The summed E-state index contributed by atoms with van der Waals surface area (Å²) >= 11 is 5.53. The molecule has 2 aliphatic rings. The molecule has 1 heterocycles. The largest absolute Gasteiger partial charge is 0.490 e. The molecule has 1 saturated carbocycles. The van der Waals surface area contributed by atoms with Crippen LogP contribution < -0.4 is 20.3 Å². The van der Waals surface area contributed by atoms with Gasteiger partial charge < -0.3 is 20.3 Å². The van der Waals surface area contributed by atoms with Gasteiger partial charge in [-0.15, -0.1) is 0 Å². The fourth-order valence-electron chi connectivity index (χ4n) is 4.39. The molecule has 2 N–H and O–H groups in total. The van der Waals surface area contributed by atoms with Crippen molar-refractivity contribution in [3.8, 4) is 5.75 Å². The molecule has 1 aliphatic carbocycles. The Balaban J connectivity index is 1.26. The van der Waals surface area contributed by atoms with Crippen LogP contribution in [0.4, 0.5) is 11.4 Å². The third-order valence-electron chi connectivity index (χ3n) is 6.18. The van der Waals surface area contributed by atoms with E-state index < -0.39 is 0 Å². The molecule has 0 amide bonds. The van der Waals surface area contributed by atoms with E-state index >= 15 is 0 Å². The number of nitrogens with one attached hydrogen (secondary N) is 2. The standard InChI is InChI=1S/C25H33N3OS/c1-19(20-9-13-22(14-10-20)28-17-5-2-6-18-28)26-25(30)27-21-11-15-24(16-12-21)29-23-7-3-4-8-23/h9-16,19,23H,2-8,17-18H2,1H3,(H2,26,27,30)/t19-/m0/s1. The zero-order valence-corrected chi connectivity index (χ0v) is 18.7. The summed E-state index contributed by atoms with van der Waals surface area (Å²) in [6.07, 6.45) is 9.24. The van der Waals surface area contributed by atoms with E-state index in [1.54, 1.807) is 0 Å². The Morgan fingerprint density at radius 1 is 0.933 bits per heavy atom. The molecule has 0 spiro atoms. The molecule has 4 nitrogen and oxygen atoms in total. The highest BCUT2D eigenvalue weighted by atomic mass is 32.1. The maximum absolute atomic E-state index is 6.03. The Bertz CT molecular complexity index is 809. The minimum atomic E-state index is 0.144. The summed E-state index contributed by atoms with van der Waals surface area (Å²) in [6, 6.07) is 17.1. The van der Waals surface area contributed by atoms with Gasteiger partial charge in [0.2, 0.25) is 0 Å². The van der Waals surface area contributed by atoms with Gasteiger partial charge in [-0.25, -0.2) is 0 Å². The molecule has 2 fully saturated rings. The summed E-state index contributed by atoms with van der Waals surface area (Å²) < 4.78 is 6.03. The smallest absolute Gasteiger partial charge is 0.171 e. The van der Waals surface area contributed by atoms with Crippen molar-refractivity contribution in [2.45, 2.75) is 64.0 Å². The van der Waals surface area contributed by atoms with Gasteiger partial charge in [-0.2, -0.15) is 0 Å². The van der Waals surface area contributed by atoms with Crippen LogP contribution in [-0.4, -0.2) is 24.3 Å². The normalized spacial score (nSPS) is 18.1. The highest BCUT2D eigenvalue weighted by Crippen LogP contribution is 2.25. The molecule has 5 heteroatoms. The average molecular weight is 424 g/mol. The van der Waals surface area contributed by atoms with Crippen molar-refractivity contribution in [3.05, 3.63) is 54.1 Å². The minimum absolute atomic E-state index is 0.144. The van der Waals surface area contributed by atoms with Gasteiger partial charge in [0, 0.05) is 24.5 Å². The molecule has 1 saturated heterocycles.